The van der Waals surface area contributed by atoms with E-state index in [4.69, 9.17) is 14.4 Å². The van der Waals surface area contributed by atoms with Crippen molar-refractivity contribution in [2.45, 2.75) is 5.41 Å². The molecule has 1 spiro atoms. The molecule has 0 unspecified atom stereocenters. The van der Waals surface area contributed by atoms with Crippen molar-refractivity contribution < 1.29 is 4.42 Å². The standard InChI is InChI=1S/C59H36N2O/c1-2-17-37(18-3-1)39-19-4-7-25-45(39)53-36-54(46-27-16-32-56-57(46)47-26-11-15-31-55(47)62-56)61-58(60-53)38-33-34-52-48(35-38)41-21-6-5-20-40(41)42-22-8-12-28-49(42)59(52)50-29-13-9-23-43(50)44-24-10-14-30-51(44)59/h1-36H. The summed E-state index contributed by atoms with van der Waals surface area (Å²) in [5, 5.41) is 2.11. The molecule has 3 heteroatoms. The molecule has 3 nitrogen and oxygen atoms in total. The number of hydrogen-bond acceptors (Lipinski definition) is 3. The van der Waals surface area contributed by atoms with Crippen LogP contribution in [-0.2, 0) is 5.41 Å². The van der Waals surface area contributed by atoms with Crippen LogP contribution in [0.25, 0.3) is 100 Å². The average molecular weight is 789 g/mol. The number of furan rings is 1. The Kier molecular flexibility index (Phi) is 7.52. The van der Waals surface area contributed by atoms with Gasteiger partial charge in [0, 0.05) is 27.5 Å². The Morgan fingerprint density at radius 3 is 1.48 bits per heavy atom. The maximum atomic E-state index is 6.41. The zero-order valence-corrected chi connectivity index (χ0v) is 33.6. The Labute approximate surface area is 359 Å². The Morgan fingerprint density at radius 1 is 0.306 bits per heavy atom. The predicted octanol–water partition coefficient (Wildman–Crippen LogP) is 15.1. The van der Waals surface area contributed by atoms with Crippen LogP contribution in [-0.4, -0.2) is 9.97 Å². The van der Waals surface area contributed by atoms with Gasteiger partial charge < -0.3 is 4.42 Å². The summed E-state index contributed by atoms with van der Waals surface area (Å²) in [6.07, 6.45) is 0. The lowest BCUT2D eigenvalue weighted by Crippen LogP contribution is -2.29. The fraction of sp³-hybridized carbons (Fsp3) is 0.0169. The third-order valence-corrected chi connectivity index (χ3v) is 13.2. The van der Waals surface area contributed by atoms with Crippen molar-refractivity contribution in [2.24, 2.45) is 0 Å². The number of rotatable bonds is 4. The molecule has 9 aromatic carbocycles. The lowest BCUT2D eigenvalue weighted by Gasteiger charge is -2.35. The molecular weight excluding hydrogens is 753 g/mol. The molecule has 0 fully saturated rings. The zero-order chi connectivity index (χ0) is 40.8. The average Bonchev–Trinajstić information content (AvgIpc) is 3.85. The van der Waals surface area contributed by atoms with Crippen LogP contribution in [0.3, 0.4) is 0 Å². The van der Waals surface area contributed by atoms with Crippen molar-refractivity contribution in [3.63, 3.8) is 0 Å². The van der Waals surface area contributed by atoms with Crippen LogP contribution in [0.15, 0.2) is 223 Å². The van der Waals surface area contributed by atoms with Crippen molar-refractivity contribution >= 4 is 21.9 Å². The third kappa shape index (κ3) is 4.94. The van der Waals surface area contributed by atoms with Crippen LogP contribution in [0.1, 0.15) is 22.3 Å². The molecule has 11 aromatic rings. The quantitative estimate of drug-likeness (QED) is 0.178. The maximum absolute atomic E-state index is 6.41. The van der Waals surface area contributed by atoms with E-state index < -0.39 is 5.41 Å². The molecule has 0 N–H and O–H groups in total. The zero-order valence-electron chi connectivity index (χ0n) is 33.6. The highest BCUT2D eigenvalue weighted by Gasteiger charge is 2.49. The van der Waals surface area contributed by atoms with Crippen molar-refractivity contribution in [1.29, 1.82) is 0 Å². The van der Waals surface area contributed by atoms with Crippen LogP contribution in [0.2, 0.25) is 0 Å². The first-order valence-corrected chi connectivity index (χ1v) is 21.2. The number of aromatic nitrogens is 2. The molecular formula is C59H36N2O. The monoisotopic (exact) mass is 788 g/mol. The molecule has 2 aliphatic carbocycles. The molecule has 0 amide bonds. The Bertz CT molecular complexity index is 3550. The van der Waals surface area contributed by atoms with E-state index in [0.29, 0.717) is 5.82 Å². The van der Waals surface area contributed by atoms with Gasteiger partial charge in [0.1, 0.15) is 11.2 Å². The van der Waals surface area contributed by atoms with Crippen molar-refractivity contribution in [3.8, 4) is 78.4 Å². The van der Waals surface area contributed by atoms with Gasteiger partial charge in [-0.15, -0.1) is 0 Å². The Hall–Kier alpha value is -8.14. The van der Waals surface area contributed by atoms with Gasteiger partial charge in [0.25, 0.3) is 0 Å². The van der Waals surface area contributed by atoms with Gasteiger partial charge in [0.15, 0.2) is 5.82 Å². The van der Waals surface area contributed by atoms with Gasteiger partial charge in [-0.05, 0) is 91.0 Å². The summed E-state index contributed by atoms with van der Waals surface area (Å²) in [4.78, 5) is 11.0. The lowest BCUT2D eigenvalue weighted by molar-refractivity contribution is 0.669. The SMILES string of the molecule is c1ccc(-c2ccccc2-c2cc(-c3cccc4oc5ccccc5c34)nc(-c3ccc4c(c3)-c3ccccc3-c3ccccc3C43c4ccccc4-c4ccccc43)n2)cc1. The van der Waals surface area contributed by atoms with E-state index in [9.17, 15) is 0 Å². The number of nitrogens with zero attached hydrogens (tertiary/aromatic N) is 2. The number of para-hydroxylation sites is 1. The fourth-order valence-corrected chi connectivity index (χ4v) is 10.6. The summed E-state index contributed by atoms with van der Waals surface area (Å²) in [5.74, 6) is 0.661. The van der Waals surface area contributed by atoms with Gasteiger partial charge in [-0.25, -0.2) is 9.97 Å². The predicted molar refractivity (Wildman–Crippen MR) is 253 cm³/mol. The first-order chi connectivity index (χ1) is 30.8. The minimum absolute atomic E-state index is 0.558. The molecule has 0 saturated carbocycles. The van der Waals surface area contributed by atoms with E-state index in [0.717, 1.165) is 61.1 Å². The second-order valence-electron chi connectivity index (χ2n) is 16.3. The first kappa shape index (κ1) is 34.7. The van der Waals surface area contributed by atoms with Crippen molar-refractivity contribution in [1.82, 2.24) is 9.97 Å². The minimum atomic E-state index is -0.558. The topological polar surface area (TPSA) is 38.9 Å². The van der Waals surface area contributed by atoms with E-state index in [1.165, 1.54) is 55.6 Å². The first-order valence-electron chi connectivity index (χ1n) is 21.2. The highest BCUT2D eigenvalue weighted by Crippen LogP contribution is 2.61. The molecule has 13 rings (SSSR count). The van der Waals surface area contributed by atoms with Gasteiger partial charge >= 0.3 is 0 Å². The summed E-state index contributed by atoms with van der Waals surface area (Å²) in [6, 6.07) is 78.7. The molecule has 0 atom stereocenters. The lowest BCUT2D eigenvalue weighted by atomic mass is 9.66. The highest BCUT2D eigenvalue weighted by atomic mass is 16.3. The smallest absolute Gasteiger partial charge is 0.160 e. The van der Waals surface area contributed by atoms with Gasteiger partial charge in [-0.3, -0.25) is 0 Å². The van der Waals surface area contributed by atoms with Crippen LogP contribution in [0.4, 0.5) is 0 Å². The summed E-state index contributed by atoms with van der Waals surface area (Å²) in [5.41, 5.74) is 20.6. The van der Waals surface area contributed by atoms with Crippen LogP contribution >= 0.6 is 0 Å². The molecule has 288 valence electrons. The maximum Gasteiger partial charge on any atom is 0.160 e. The molecule has 0 aliphatic heterocycles. The molecule has 2 heterocycles. The fourth-order valence-electron chi connectivity index (χ4n) is 10.6. The van der Waals surface area contributed by atoms with Crippen LogP contribution in [0.5, 0.6) is 0 Å². The van der Waals surface area contributed by atoms with Crippen molar-refractivity contribution in [3.05, 3.63) is 241 Å². The summed E-state index contributed by atoms with van der Waals surface area (Å²) >= 11 is 0. The van der Waals surface area contributed by atoms with E-state index >= 15 is 0 Å². The van der Waals surface area contributed by atoms with E-state index in [1.807, 2.05) is 18.2 Å². The molecule has 2 aromatic heterocycles. The normalized spacial score (nSPS) is 13.0. The highest BCUT2D eigenvalue weighted by molar-refractivity contribution is 6.12. The van der Waals surface area contributed by atoms with Crippen molar-refractivity contribution in [2.75, 3.05) is 0 Å². The number of benzene rings is 9. The summed E-state index contributed by atoms with van der Waals surface area (Å²) in [7, 11) is 0. The third-order valence-electron chi connectivity index (χ3n) is 13.2. The van der Waals surface area contributed by atoms with Gasteiger partial charge in [-0.2, -0.15) is 0 Å². The van der Waals surface area contributed by atoms with E-state index in [1.54, 1.807) is 0 Å². The Balaban J connectivity index is 1.11. The largest absolute Gasteiger partial charge is 0.456 e. The Morgan fingerprint density at radius 2 is 0.790 bits per heavy atom. The van der Waals surface area contributed by atoms with Crippen LogP contribution in [0, 0.1) is 0 Å². The number of fused-ring (bicyclic) bond motifs is 15. The molecule has 0 bridgehead atoms. The molecule has 0 saturated heterocycles. The molecule has 0 radical (unpaired) electrons. The van der Waals surface area contributed by atoms with Gasteiger partial charge in [-0.1, -0.05) is 194 Å². The van der Waals surface area contributed by atoms with E-state index in [-0.39, 0.29) is 0 Å². The summed E-state index contributed by atoms with van der Waals surface area (Å²) in [6.45, 7) is 0. The second-order valence-corrected chi connectivity index (χ2v) is 16.3. The van der Waals surface area contributed by atoms with Crippen LogP contribution < -0.4 is 0 Å². The minimum Gasteiger partial charge on any atom is -0.456 e. The van der Waals surface area contributed by atoms with E-state index in [2.05, 4.69) is 200 Å². The van der Waals surface area contributed by atoms with Gasteiger partial charge in [0.05, 0.1) is 16.8 Å². The molecule has 62 heavy (non-hydrogen) atoms. The second kappa shape index (κ2) is 13.4. The summed E-state index contributed by atoms with van der Waals surface area (Å²) < 4.78 is 6.41. The van der Waals surface area contributed by atoms with Gasteiger partial charge in [0.2, 0.25) is 0 Å². The number of hydrogen-bond donors (Lipinski definition) is 0. The molecule has 2 aliphatic rings.